The lowest BCUT2D eigenvalue weighted by atomic mass is 9.81. The summed E-state index contributed by atoms with van der Waals surface area (Å²) in [5, 5.41) is 10.2. The van der Waals surface area contributed by atoms with E-state index < -0.39 is 5.67 Å². The molecule has 4 heterocycles. The number of rotatable bonds is 7. The minimum atomic E-state index is -1.46. The fraction of sp³-hybridized carbons (Fsp3) is 0.500. The van der Waals surface area contributed by atoms with Crippen molar-refractivity contribution >= 4 is 28.4 Å². The van der Waals surface area contributed by atoms with Gasteiger partial charge in [-0.3, -0.25) is 0 Å². The quantitative estimate of drug-likeness (QED) is 0.563. The summed E-state index contributed by atoms with van der Waals surface area (Å²) in [7, 11) is 3.53. The number of alkyl halides is 1. The van der Waals surface area contributed by atoms with Crippen LogP contribution in [0.15, 0.2) is 30.6 Å². The van der Waals surface area contributed by atoms with Crippen LogP contribution < -0.4 is 19.4 Å². The van der Waals surface area contributed by atoms with Crippen molar-refractivity contribution in [3.63, 3.8) is 0 Å². The Balaban J connectivity index is 1.49. The molecule has 2 fully saturated rings. The van der Waals surface area contributed by atoms with E-state index in [-0.39, 0.29) is 12.4 Å². The van der Waals surface area contributed by atoms with Crippen molar-refractivity contribution in [2.24, 2.45) is 0 Å². The standard InChI is InChI=1S/C24H30FN7O2/c1-30(13-14-33)20-15-17-18(16-27-20)28-23(24(25)6-4-7-24)29-21(17)31-9-11-32(12-10-31)22-19(34-2)5-3-8-26-22/h3,5,8,15-16,33H,4,6-7,9-14H2,1-2H3. The number of pyridine rings is 2. The van der Waals surface area contributed by atoms with Gasteiger partial charge in [-0.1, -0.05) is 0 Å². The van der Waals surface area contributed by atoms with Gasteiger partial charge < -0.3 is 24.5 Å². The summed E-state index contributed by atoms with van der Waals surface area (Å²) in [5.74, 6) is 3.28. The summed E-state index contributed by atoms with van der Waals surface area (Å²) in [6, 6.07) is 5.71. The Morgan fingerprint density at radius 1 is 1.12 bits per heavy atom. The minimum absolute atomic E-state index is 0.0296. The molecule has 0 radical (unpaired) electrons. The molecular weight excluding hydrogens is 437 g/mol. The molecule has 5 rings (SSSR count). The molecule has 0 unspecified atom stereocenters. The van der Waals surface area contributed by atoms with Gasteiger partial charge in [-0.25, -0.2) is 24.3 Å². The third-order valence-corrected chi connectivity index (χ3v) is 6.77. The maximum atomic E-state index is 15.4. The highest BCUT2D eigenvalue weighted by Crippen LogP contribution is 2.44. The number of hydrogen-bond acceptors (Lipinski definition) is 9. The van der Waals surface area contributed by atoms with Crippen molar-refractivity contribution in [3.05, 3.63) is 36.4 Å². The second-order valence-electron chi connectivity index (χ2n) is 8.90. The lowest BCUT2D eigenvalue weighted by molar-refractivity contribution is 0.0512. The topological polar surface area (TPSA) is 90.7 Å². The van der Waals surface area contributed by atoms with Gasteiger partial charge in [0.2, 0.25) is 0 Å². The molecule has 3 aromatic heterocycles. The van der Waals surface area contributed by atoms with E-state index in [4.69, 9.17) is 9.72 Å². The van der Waals surface area contributed by atoms with Crippen LogP contribution >= 0.6 is 0 Å². The second kappa shape index (κ2) is 9.17. The minimum Gasteiger partial charge on any atom is -0.493 e. The molecule has 1 saturated heterocycles. The number of halogens is 1. The number of aliphatic hydroxyl groups is 1. The Hall–Kier alpha value is -3.27. The van der Waals surface area contributed by atoms with Crippen LogP contribution in [0.2, 0.25) is 0 Å². The zero-order valence-electron chi connectivity index (χ0n) is 19.6. The molecule has 1 aliphatic carbocycles. The summed E-state index contributed by atoms with van der Waals surface area (Å²) in [4.78, 5) is 24.6. The molecule has 1 N–H and O–H groups in total. The molecule has 1 saturated carbocycles. The van der Waals surface area contributed by atoms with Crippen LogP contribution in [0, 0.1) is 0 Å². The van der Waals surface area contributed by atoms with Crippen molar-refractivity contribution in [2.45, 2.75) is 24.9 Å². The van der Waals surface area contributed by atoms with Crippen molar-refractivity contribution in [2.75, 3.05) is 68.2 Å². The number of aromatic nitrogens is 4. The van der Waals surface area contributed by atoms with Crippen LogP contribution in [0.1, 0.15) is 25.1 Å². The summed E-state index contributed by atoms with van der Waals surface area (Å²) in [6.45, 7) is 3.37. The Labute approximate surface area is 198 Å². The van der Waals surface area contributed by atoms with Crippen LogP contribution in [0.5, 0.6) is 5.75 Å². The van der Waals surface area contributed by atoms with Gasteiger partial charge in [0.15, 0.2) is 23.1 Å². The summed E-state index contributed by atoms with van der Waals surface area (Å²) in [6.07, 6.45) is 5.21. The molecular formula is C24H30FN7O2. The van der Waals surface area contributed by atoms with E-state index in [2.05, 4.69) is 24.8 Å². The van der Waals surface area contributed by atoms with Crippen molar-refractivity contribution in [3.8, 4) is 5.75 Å². The van der Waals surface area contributed by atoms with Gasteiger partial charge in [0.05, 0.1) is 25.4 Å². The molecule has 0 spiro atoms. The van der Waals surface area contributed by atoms with E-state index in [1.807, 2.05) is 30.1 Å². The number of ether oxygens (including phenoxy) is 1. The second-order valence-corrected chi connectivity index (χ2v) is 8.90. The molecule has 0 atom stereocenters. The lowest BCUT2D eigenvalue weighted by Gasteiger charge is -2.38. The number of fused-ring (bicyclic) bond motifs is 1. The van der Waals surface area contributed by atoms with Crippen molar-refractivity contribution in [1.29, 1.82) is 0 Å². The molecule has 0 amide bonds. The number of anilines is 3. The number of methoxy groups -OCH3 is 1. The SMILES string of the molecule is COc1cccnc1N1CCN(c2nc(C3(F)CCC3)nc3cnc(N(C)CCO)cc23)CC1. The molecule has 1 aliphatic heterocycles. The van der Waals surface area contributed by atoms with Crippen LogP contribution in [0.4, 0.5) is 21.8 Å². The Morgan fingerprint density at radius 3 is 2.50 bits per heavy atom. The van der Waals surface area contributed by atoms with E-state index in [9.17, 15) is 5.11 Å². The van der Waals surface area contributed by atoms with E-state index in [0.29, 0.717) is 38.0 Å². The summed E-state index contributed by atoms with van der Waals surface area (Å²) in [5.41, 5.74) is -0.822. The van der Waals surface area contributed by atoms with Gasteiger partial charge >= 0.3 is 0 Å². The van der Waals surface area contributed by atoms with Gasteiger partial charge in [0.1, 0.15) is 11.6 Å². The number of nitrogens with zero attached hydrogens (tertiary/aromatic N) is 7. The Kier molecular flexibility index (Phi) is 6.07. The largest absolute Gasteiger partial charge is 0.493 e. The van der Waals surface area contributed by atoms with E-state index in [1.54, 1.807) is 19.5 Å². The fourth-order valence-electron chi connectivity index (χ4n) is 4.54. The highest BCUT2D eigenvalue weighted by molar-refractivity contribution is 5.91. The van der Waals surface area contributed by atoms with E-state index in [0.717, 1.165) is 48.1 Å². The first-order chi connectivity index (χ1) is 16.5. The van der Waals surface area contributed by atoms with Crippen LogP contribution in [-0.2, 0) is 5.67 Å². The van der Waals surface area contributed by atoms with Gasteiger partial charge in [0.25, 0.3) is 0 Å². The predicted octanol–water partition coefficient (Wildman–Crippen LogP) is 2.53. The van der Waals surface area contributed by atoms with Crippen LogP contribution in [0.25, 0.3) is 10.9 Å². The molecule has 34 heavy (non-hydrogen) atoms. The molecule has 0 aromatic carbocycles. The molecule has 0 bridgehead atoms. The first kappa shape index (κ1) is 22.5. The Morgan fingerprint density at radius 2 is 1.85 bits per heavy atom. The molecule has 3 aromatic rings. The third kappa shape index (κ3) is 4.06. The number of aliphatic hydroxyl groups excluding tert-OH is 1. The average Bonchev–Trinajstić information content (AvgIpc) is 2.86. The van der Waals surface area contributed by atoms with Crippen molar-refractivity contribution < 1.29 is 14.2 Å². The highest BCUT2D eigenvalue weighted by atomic mass is 19.1. The fourth-order valence-corrected chi connectivity index (χ4v) is 4.54. The zero-order valence-corrected chi connectivity index (χ0v) is 19.6. The maximum Gasteiger partial charge on any atom is 0.171 e. The molecule has 180 valence electrons. The smallest absolute Gasteiger partial charge is 0.171 e. The monoisotopic (exact) mass is 467 g/mol. The van der Waals surface area contributed by atoms with Crippen molar-refractivity contribution in [1.82, 2.24) is 19.9 Å². The van der Waals surface area contributed by atoms with Crippen LogP contribution in [0.3, 0.4) is 0 Å². The zero-order chi connectivity index (χ0) is 23.7. The first-order valence-electron chi connectivity index (χ1n) is 11.7. The predicted molar refractivity (Wildman–Crippen MR) is 130 cm³/mol. The molecule has 9 nitrogen and oxygen atoms in total. The van der Waals surface area contributed by atoms with Gasteiger partial charge in [0, 0.05) is 51.4 Å². The first-order valence-corrected chi connectivity index (χ1v) is 11.7. The summed E-state index contributed by atoms with van der Waals surface area (Å²) >= 11 is 0. The summed E-state index contributed by atoms with van der Waals surface area (Å²) < 4.78 is 20.8. The molecule has 10 heteroatoms. The van der Waals surface area contributed by atoms with Crippen LogP contribution in [-0.4, -0.2) is 78.5 Å². The number of piperazine rings is 1. The average molecular weight is 468 g/mol. The van der Waals surface area contributed by atoms with Gasteiger partial charge in [-0.05, 0) is 37.5 Å². The van der Waals surface area contributed by atoms with E-state index >= 15 is 4.39 Å². The van der Waals surface area contributed by atoms with Gasteiger partial charge in [-0.2, -0.15) is 0 Å². The normalized spacial score (nSPS) is 17.5. The number of likely N-dealkylation sites (N-methyl/N-ethyl adjacent to an activating group) is 1. The molecule has 2 aliphatic rings. The highest BCUT2D eigenvalue weighted by Gasteiger charge is 2.42. The third-order valence-electron chi connectivity index (χ3n) is 6.77. The maximum absolute atomic E-state index is 15.4. The number of hydrogen-bond donors (Lipinski definition) is 1. The Bertz CT molecular complexity index is 1170. The van der Waals surface area contributed by atoms with Gasteiger partial charge in [-0.15, -0.1) is 0 Å². The van der Waals surface area contributed by atoms with E-state index in [1.165, 1.54) is 0 Å². The lowest BCUT2D eigenvalue weighted by Crippen LogP contribution is -2.47.